The summed E-state index contributed by atoms with van der Waals surface area (Å²) >= 11 is 0. The van der Waals surface area contributed by atoms with Gasteiger partial charge in [-0.3, -0.25) is 14.4 Å². The Labute approximate surface area is 282 Å². The average molecular weight is 668 g/mol. The van der Waals surface area contributed by atoms with E-state index in [-0.39, 0.29) is 6.10 Å². The van der Waals surface area contributed by atoms with Gasteiger partial charge in [0.05, 0.1) is 25.4 Å². The van der Waals surface area contributed by atoms with Gasteiger partial charge in [0.1, 0.15) is 6.10 Å². The Bertz CT molecular complexity index is 1420. The standard InChI is InChI=1S/C18H23NO.C13H18O2.C6H8O7/c1-15-9-7-8-12-17(15)18(20-14-13-19(2)3)16-10-5-4-6-11-16;1-9(2)8-11-4-6-12(7-5-11)10(3)13(14)15;7-3(8)1-6(13,5(11)12)2-4(9)10/h4-12,18H,13-14H2,1-3H3;4-7,9-10H,8H2,1-3H3,(H,14,15);13H,1-2H2,(H,7,8)(H,9,10)(H,11,12). The maximum absolute atomic E-state index is 10.8. The third-order valence-electron chi connectivity index (χ3n) is 7.18. The summed E-state index contributed by atoms with van der Waals surface area (Å²) in [6, 6.07) is 26.7. The van der Waals surface area contributed by atoms with Crippen molar-refractivity contribution in [1.29, 1.82) is 0 Å². The van der Waals surface area contributed by atoms with Gasteiger partial charge in [-0.05, 0) is 68.1 Å². The van der Waals surface area contributed by atoms with E-state index in [1.807, 2.05) is 30.3 Å². The number of likely N-dealkylation sites (N-methyl/N-ethyl adjacent to an activating group) is 1. The maximum Gasteiger partial charge on any atom is 0.336 e. The van der Waals surface area contributed by atoms with E-state index < -0.39 is 48.2 Å². The van der Waals surface area contributed by atoms with E-state index >= 15 is 0 Å². The summed E-state index contributed by atoms with van der Waals surface area (Å²) in [6.45, 7) is 9.85. The average Bonchev–Trinajstić information content (AvgIpc) is 3.00. The molecule has 0 saturated heterocycles. The zero-order valence-electron chi connectivity index (χ0n) is 28.5. The van der Waals surface area contributed by atoms with Gasteiger partial charge in [0, 0.05) is 6.54 Å². The minimum absolute atomic E-state index is 0.0114. The van der Waals surface area contributed by atoms with Gasteiger partial charge in [0.2, 0.25) is 0 Å². The van der Waals surface area contributed by atoms with Crippen LogP contribution in [0.5, 0.6) is 0 Å². The lowest BCUT2D eigenvalue weighted by Crippen LogP contribution is -2.42. The van der Waals surface area contributed by atoms with Crippen LogP contribution in [0.15, 0.2) is 78.9 Å². The monoisotopic (exact) mass is 667 g/mol. The first-order valence-corrected chi connectivity index (χ1v) is 15.5. The Balaban J connectivity index is 0.000000371. The normalized spacial score (nSPS) is 12.2. The Morgan fingerprint density at radius 1 is 0.750 bits per heavy atom. The fourth-order valence-corrected chi connectivity index (χ4v) is 4.50. The molecule has 0 aliphatic carbocycles. The molecule has 0 bridgehead atoms. The van der Waals surface area contributed by atoms with Crippen molar-refractivity contribution in [2.24, 2.45) is 5.92 Å². The van der Waals surface area contributed by atoms with Crippen LogP contribution in [0.3, 0.4) is 0 Å². The molecule has 0 aliphatic heterocycles. The molecule has 2 unspecified atom stereocenters. The van der Waals surface area contributed by atoms with Crippen LogP contribution in [0, 0.1) is 12.8 Å². The van der Waals surface area contributed by atoms with Crippen molar-refractivity contribution in [2.45, 2.75) is 64.6 Å². The van der Waals surface area contributed by atoms with Crippen LogP contribution in [0.1, 0.15) is 73.5 Å². The minimum atomic E-state index is -2.74. The summed E-state index contributed by atoms with van der Waals surface area (Å²) in [5, 5.41) is 42.7. The van der Waals surface area contributed by atoms with E-state index in [4.69, 9.17) is 30.3 Å². The van der Waals surface area contributed by atoms with Crippen molar-refractivity contribution in [1.82, 2.24) is 4.90 Å². The van der Waals surface area contributed by atoms with Crippen LogP contribution < -0.4 is 0 Å². The molecule has 5 N–H and O–H groups in total. The summed E-state index contributed by atoms with van der Waals surface area (Å²) in [5.41, 5.74) is 3.13. The molecular weight excluding hydrogens is 618 g/mol. The number of rotatable bonds is 15. The predicted octanol–water partition coefficient (Wildman–Crippen LogP) is 5.49. The molecule has 262 valence electrons. The highest BCUT2D eigenvalue weighted by Crippen LogP contribution is 2.28. The molecule has 48 heavy (non-hydrogen) atoms. The number of hydrogen-bond donors (Lipinski definition) is 5. The van der Waals surface area contributed by atoms with Crippen molar-refractivity contribution in [2.75, 3.05) is 27.2 Å². The molecule has 0 radical (unpaired) electrons. The van der Waals surface area contributed by atoms with E-state index in [0.717, 1.165) is 25.1 Å². The third kappa shape index (κ3) is 15.3. The largest absolute Gasteiger partial charge is 0.481 e. The van der Waals surface area contributed by atoms with Crippen LogP contribution in [0.25, 0.3) is 0 Å². The number of aliphatic carboxylic acids is 4. The molecule has 11 heteroatoms. The number of benzene rings is 3. The van der Waals surface area contributed by atoms with Gasteiger partial charge >= 0.3 is 23.9 Å². The summed E-state index contributed by atoms with van der Waals surface area (Å²) < 4.78 is 6.16. The van der Waals surface area contributed by atoms with Crippen molar-refractivity contribution in [3.05, 3.63) is 107 Å². The van der Waals surface area contributed by atoms with Gasteiger partial charge in [-0.1, -0.05) is 92.7 Å². The quantitative estimate of drug-likeness (QED) is 0.138. The Morgan fingerprint density at radius 3 is 1.71 bits per heavy atom. The molecule has 0 fully saturated rings. The van der Waals surface area contributed by atoms with E-state index in [9.17, 15) is 19.2 Å². The first-order valence-electron chi connectivity index (χ1n) is 15.5. The highest BCUT2D eigenvalue weighted by molar-refractivity contribution is 5.88. The second-order valence-corrected chi connectivity index (χ2v) is 12.2. The molecular formula is C37H49NO10. The van der Waals surface area contributed by atoms with E-state index in [1.54, 1.807) is 6.92 Å². The van der Waals surface area contributed by atoms with Gasteiger partial charge in [0.15, 0.2) is 5.60 Å². The number of aryl methyl sites for hydroxylation is 1. The molecule has 3 rings (SSSR count). The maximum atomic E-state index is 10.8. The number of nitrogens with zero attached hydrogens (tertiary/aromatic N) is 1. The molecule has 11 nitrogen and oxygen atoms in total. The van der Waals surface area contributed by atoms with Gasteiger partial charge in [-0.15, -0.1) is 0 Å². The molecule has 0 saturated carbocycles. The second kappa shape index (κ2) is 20.6. The molecule has 0 aromatic heterocycles. The number of aliphatic hydroxyl groups is 1. The molecule has 0 aliphatic rings. The van der Waals surface area contributed by atoms with Crippen LogP contribution in [0.4, 0.5) is 0 Å². The summed E-state index contributed by atoms with van der Waals surface area (Å²) in [4.78, 5) is 43.4. The highest BCUT2D eigenvalue weighted by atomic mass is 16.5. The van der Waals surface area contributed by atoms with Crippen LogP contribution in [-0.4, -0.2) is 87.2 Å². The fourth-order valence-electron chi connectivity index (χ4n) is 4.50. The van der Waals surface area contributed by atoms with Gasteiger partial charge in [-0.25, -0.2) is 4.79 Å². The lowest BCUT2D eigenvalue weighted by atomic mass is 9.96. The molecule has 3 aromatic rings. The Hall–Kier alpha value is -4.58. The van der Waals surface area contributed by atoms with Gasteiger partial charge in [0.25, 0.3) is 0 Å². The van der Waals surface area contributed by atoms with Crippen LogP contribution in [0.2, 0.25) is 0 Å². The van der Waals surface area contributed by atoms with Gasteiger partial charge < -0.3 is 35.2 Å². The highest BCUT2D eigenvalue weighted by Gasteiger charge is 2.40. The number of carboxylic acids is 4. The van der Waals surface area contributed by atoms with Crippen molar-refractivity contribution < 1.29 is 49.4 Å². The van der Waals surface area contributed by atoms with E-state index in [1.165, 1.54) is 22.3 Å². The third-order valence-corrected chi connectivity index (χ3v) is 7.18. The lowest BCUT2D eigenvalue weighted by molar-refractivity contribution is -0.170. The first-order chi connectivity index (χ1) is 22.5. The SMILES string of the molecule is CC(C)Cc1ccc(C(C)C(=O)O)cc1.Cc1ccccc1C(OCCN(C)C)c1ccccc1.O=C(O)CC(O)(CC(=O)O)C(=O)O. The van der Waals surface area contributed by atoms with Crippen molar-refractivity contribution in [3.63, 3.8) is 0 Å². The van der Waals surface area contributed by atoms with Crippen molar-refractivity contribution in [3.8, 4) is 0 Å². The Kier molecular flexibility index (Phi) is 17.8. The van der Waals surface area contributed by atoms with E-state index in [0.29, 0.717) is 5.92 Å². The number of carbonyl (C=O) groups is 4. The molecule has 0 heterocycles. The molecule has 2 atom stereocenters. The number of carboxylic acid groups (broad SMARTS) is 4. The first kappa shape index (κ1) is 41.4. The van der Waals surface area contributed by atoms with Crippen LogP contribution >= 0.6 is 0 Å². The molecule has 0 spiro atoms. The smallest absolute Gasteiger partial charge is 0.336 e. The second-order valence-electron chi connectivity index (χ2n) is 12.2. The fraction of sp³-hybridized carbons (Fsp3) is 0.405. The summed E-state index contributed by atoms with van der Waals surface area (Å²) in [6.07, 6.45) is -1.23. The zero-order chi connectivity index (χ0) is 36.4. The van der Waals surface area contributed by atoms with Gasteiger partial charge in [-0.2, -0.15) is 0 Å². The number of ether oxygens (including phenoxy) is 1. The van der Waals surface area contributed by atoms with Crippen molar-refractivity contribution >= 4 is 23.9 Å². The van der Waals surface area contributed by atoms with Crippen LogP contribution in [-0.2, 0) is 30.3 Å². The predicted molar refractivity (Wildman–Crippen MR) is 182 cm³/mol. The Morgan fingerprint density at radius 2 is 1.27 bits per heavy atom. The van der Waals surface area contributed by atoms with E-state index in [2.05, 4.69) is 88.3 Å². The summed E-state index contributed by atoms with van der Waals surface area (Å²) in [7, 11) is 4.13. The lowest BCUT2D eigenvalue weighted by Gasteiger charge is -2.22. The zero-order valence-corrected chi connectivity index (χ0v) is 28.5. The minimum Gasteiger partial charge on any atom is -0.481 e. The number of hydrogen-bond acceptors (Lipinski definition) is 7. The molecule has 3 aromatic carbocycles. The topological polar surface area (TPSA) is 182 Å². The molecule has 0 amide bonds. The summed E-state index contributed by atoms with van der Waals surface area (Å²) in [5.74, 6) is -5.58.